The Morgan fingerprint density at radius 3 is 2.72 bits per heavy atom. The van der Waals surface area contributed by atoms with E-state index in [0.29, 0.717) is 12.0 Å². The van der Waals surface area contributed by atoms with Crippen LogP contribution in [0.4, 0.5) is 0 Å². The second-order valence-corrected chi connectivity index (χ2v) is 4.97. The molecule has 18 heavy (non-hydrogen) atoms. The van der Waals surface area contributed by atoms with Gasteiger partial charge in [-0.2, -0.15) is 0 Å². The van der Waals surface area contributed by atoms with E-state index >= 15 is 0 Å². The molecule has 1 aliphatic heterocycles. The van der Waals surface area contributed by atoms with E-state index in [4.69, 9.17) is 10.5 Å². The summed E-state index contributed by atoms with van der Waals surface area (Å²) in [6, 6.07) is 4.24. The maximum absolute atomic E-state index is 6.02. The van der Waals surface area contributed by atoms with Gasteiger partial charge in [-0.25, -0.2) is 0 Å². The van der Waals surface area contributed by atoms with Crippen LogP contribution in [-0.4, -0.2) is 36.1 Å². The lowest BCUT2D eigenvalue weighted by Gasteiger charge is -2.15. The maximum Gasteiger partial charge on any atom is 0.122 e. The van der Waals surface area contributed by atoms with E-state index < -0.39 is 0 Å². The first-order valence-corrected chi connectivity index (χ1v) is 6.08. The van der Waals surface area contributed by atoms with Crippen LogP contribution >= 0.6 is 12.4 Å². The lowest BCUT2D eigenvalue weighted by molar-refractivity contribution is 0.313. The highest BCUT2D eigenvalue weighted by atomic mass is 35.5. The summed E-state index contributed by atoms with van der Waals surface area (Å²) in [5.74, 6) is 1.45. The molecule has 5 heteroatoms. The summed E-state index contributed by atoms with van der Waals surface area (Å²) >= 11 is 0. The van der Waals surface area contributed by atoms with Crippen molar-refractivity contribution in [3.05, 3.63) is 23.5 Å². The first kappa shape index (κ1) is 15.2. The number of hydrogen-bond acceptors (Lipinski definition) is 4. The molecule has 2 unspecified atom stereocenters. The molecule has 4 nitrogen and oxygen atoms in total. The van der Waals surface area contributed by atoms with Gasteiger partial charge in [0.2, 0.25) is 0 Å². The lowest BCUT2D eigenvalue weighted by atomic mass is 10.1. The number of pyridine rings is 1. The third-order valence-electron chi connectivity index (χ3n) is 3.35. The van der Waals surface area contributed by atoms with E-state index in [0.717, 1.165) is 36.8 Å². The van der Waals surface area contributed by atoms with Crippen molar-refractivity contribution >= 4 is 12.4 Å². The van der Waals surface area contributed by atoms with E-state index in [1.165, 1.54) is 0 Å². The fourth-order valence-corrected chi connectivity index (χ4v) is 2.36. The van der Waals surface area contributed by atoms with E-state index in [9.17, 15) is 0 Å². The fraction of sp³-hybridized carbons (Fsp3) is 0.615. The van der Waals surface area contributed by atoms with Crippen LogP contribution in [0.15, 0.2) is 12.1 Å². The summed E-state index contributed by atoms with van der Waals surface area (Å²) in [7, 11) is 1.69. The van der Waals surface area contributed by atoms with Gasteiger partial charge < -0.3 is 10.5 Å². The molecule has 2 N–H and O–H groups in total. The highest BCUT2D eigenvalue weighted by molar-refractivity contribution is 5.85. The van der Waals surface area contributed by atoms with Crippen LogP contribution in [0.25, 0.3) is 0 Å². The summed E-state index contributed by atoms with van der Waals surface area (Å²) in [6.45, 7) is 7.06. The van der Waals surface area contributed by atoms with Gasteiger partial charge in [-0.1, -0.05) is 6.92 Å². The van der Waals surface area contributed by atoms with Crippen molar-refractivity contribution in [2.24, 2.45) is 11.7 Å². The number of likely N-dealkylation sites (tertiary alicyclic amines) is 1. The number of aromatic nitrogens is 1. The number of nitrogens with two attached hydrogens (primary N) is 1. The van der Waals surface area contributed by atoms with E-state index in [1.807, 2.05) is 19.1 Å². The summed E-state index contributed by atoms with van der Waals surface area (Å²) in [5.41, 5.74) is 8.08. The SMILES string of the molecule is COc1cc(C)nc(CN2CC(C)C(N)C2)c1.Cl. The molecule has 2 rings (SSSR count). The Kier molecular flexibility index (Phi) is 5.38. The first-order chi connectivity index (χ1) is 8.08. The number of halogens is 1. The van der Waals surface area contributed by atoms with Crippen LogP contribution < -0.4 is 10.5 Å². The van der Waals surface area contributed by atoms with Gasteiger partial charge in [0.25, 0.3) is 0 Å². The lowest BCUT2D eigenvalue weighted by Crippen LogP contribution is -2.28. The monoisotopic (exact) mass is 271 g/mol. The average Bonchev–Trinajstić information content (AvgIpc) is 2.57. The van der Waals surface area contributed by atoms with Crippen LogP contribution in [0.1, 0.15) is 18.3 Å². The molecule has 0 radical (unpaired) electrons. The molecule has 0 bridgehead atoms. The quantitative estimate of drug-likeness (QED) is 0.907. The van der Waals surface area contributed by atoms with Crippen molar-refractivity contribution < 1.29 is 4.74 Å². The third-order valence-corrected chi connectivity index (χ3v) is 3.35. The summed E-state index contributed by atoms with van der Waals surface area (Å²) in [5, 5.41) is 0. The summed E-state index contributed by atoms with van der Waals surface area (Å²) < 4.78 is 5.26. The molecule has 2 heterocycles. The molecule has 1 aromatic rings. The van der Waals surface area contributed by atoms with Gasteiger partial charge in [0.15, 0.2) is 0 Å². The maximum atomic E-state index is 6.02. The van der Waals surface area contributed by atoms with Crippen LogP contribution in [0.5, 0.6) is 5.75 Å². The Bertz CT molecular complexity index is 390. The summed E-state index contributed by atoms with van der Waals surface area (Å²) in [6.07, 6.45) is 0. The van der Waals surface area contributed by atoms with E-state index in [2.05, 4.69) is 16.8 Å². The predicted octanol–water partition coefficient (Wildman–Crippen LogP) is 1.60. The minimum Gasteiger partial charge on any atom is -0.497 e. The van der Waals surface area contributed by atoms with Crippen LogP contribution in [0, 0.1) is 12.8 Å². The van der Waals surface area contributed by atoms with Gasteiger partial charge in [0.1, 0.15) is 5.75 Å². The number of ether oxygens (including phenoxy) is 1. The fourth-order valence-electron chi connectivity index (χ4n) is 2.36. The predicted molar refractivity (Wildman–Crippen MR) is 75.2 cm³/mol. The standard InChI is InChI=1S/C13H21N3O.ClH/c1-9-6-16(8-13(9)14)7-11-5-12(17-3)4-10(2)15-11;/h4-5,9,13H,6-8,14H2,1-3H3;1H. The van der Waals surface area contributed by atoms with Gasteiger partial charge in [-0.3, -0.25) is 9.88 Å². The first-order valence-electron chi connectivity index (χ1n) is 6.08. The Morgan fingerprint density at radius 2 is 2.17 bits per heavy atom. The van der Waals surface area contributed by atoms with Gasteiger partial charge in [-0.15, -0.1) is 12.4 Å². The molecule has 0 spiro atoms. The third kappa shape index (κ3) is 3.57. The van der Waals surface area contributed by atoms with Gasteiger partial charge in [0.05, 0.1) is 12.8 Å². The Labute approximate surface area is 115 Å². The van der Waals surface area contributed by atoms with Crippen molar-refractivity contribution in [2.45, 2.75) is 26.4 Å². The normalized spacial score (nSPS) is 23.8. The Hall–Kier alpha value is -0.840. The average molecular weight is 272 g/mol. The van der Waals surface area contributed by atoms with Crippen molar-refractivity contribution in [1.82, 2.24) is 9.88 Å². The Balaban J connectivity index is 0.00000162. The number of hydrogen-bond donors (Lipinski definition) is 1. The second kappa shape index (κ2) is 6.36. The molecule has 1 fully saturated rings. The molecule has 0 amide bonds. The number of rotatable bonds is 3. The van der Waals surface area contributed by atoms with Gasteiger partial charge in [0, 0.05) is 43.5 Å². The molecule has 1 aliphatic rings. The minimum atomic E-state index is 0. The van der Waals surface area contributed by atoms with Gasteiger partial charge in [-0.05, 0) is 12.8 Å². The van der Waals surface area contributed by atoms with Crippen molar-refractivity contribution in [2.75, 3.05) is 20.2 Å². The summed E-state index contributed by atoms with van der Waals surface area (Å²) in [4.78, 5) is 6.89. The smallest absolute Gasteiger partial charge is 0.122 e. The highest BCUT2D eigenvalue weighted by Crippen LogP contribution is 2.19. The zero-order valence-corrected chi connectivity index (χ0v) is 12.0. The molecule has 0 aromatic carbocycles. The van der Waals surface area contributed by atoms with Crippen LogP contribution in [-0.2, 0) is 6.54 Å². The molecule has 1 saturated heterocycles. The number of nitrogens with zero attached hydrogens (tertiary/aromatic N) is 2. The highest BCUT2D eigenvalue weighted by Gasteiger charge is 2.26. The molecule has 102 valence electrons. The molecular formula is C13H22ClN3O. The van der Waals surface area contributed by atoms with E-state index in [-0.39, 0.29) is 12.4 Å². The molecule has 0 saturated carbocycles. The zero-order valence-electron chi connectivity index (χ0n) is 11.2. The largest absolute Gasteiger partial charge is 0.497 e. The van der Waals surface area contributed by atoms with Crippen molar-refractivity contribution in [3.63, 3.8) is 0 Å². The number of methoxy groups -OCH3 is 1. The molecule has 2 atom stereocenters. The topological polar surface area (TPSA) is 51.4 Å². The second-order valence-electron chi connectivity index (χ2n) is 4.97. The van der Waals surface area contributed by atoms with Crippen LogP contribution in [0.3, 0.4) is 0 Å². The molecule has 0 aliphatic carbocycles. The van der Waals surface area contributed by atoms with Gasteiger partial charge >= 0.3 is 0 Å². The van der Waals surface area contributed by atoms with Crippen LogP contribution in [0.2, 0.25) is 0 Å². The van der Waals surface area contributed by atoms with Crippen molar-refractivity contribution in [1.29, 1.82) is 0 Å². The zero-order chi connectivity index (χ0) is 12.4. The minimum absolute atomic E-state index is 0. The molecule has 1 aromatic heterocycles. The number of aryl methyl sites for hydroxylation is 1. The molecular weight excluding hydrogens is 250 g/mol. The van der Waals surface area contributed by atoms with Crippen molar-refractivity contribution in [3.8, 4) is 5.75 Å². The Morgan fingerprint density at radius 1 is 1.44 bits per heavy atom. The van der Waals surface area contributed by atoms with E-state index in [1.54, 1.807) is 7.11 Å².